The zero-order chi connectivity index (χ0) is 17.1. The summed E-state index contributed by atoms with van der Waals surface area (Å²) < 4.78 is 11.1. The van der Waals surface area contributed by atoms with Crippen molar-refractivity contribution in [3.8, 4) is 11.5 Å². The molecule has 0 unspecified atom stereocenters. The van der Waals surface area contributed by atoms with Crippen LogP contribution in [0.25, 0.3) is 0 Å². The first-order valence-electron chi connectivity index (χ1n) is 7.19. The van der Waals surface area contributed by atoms with Gasteiger partial charge in [-0.2, -0.15) is 0 Å². The van der Waals surface area contributed by atoms with E-state index in [1.807, 2.05) is 32.9 Å². The maximum absolute atomic E-state index is 12.3. The van der Waals surface area contributed by atoms with E-state index in [0.29, 0.717) is 21.5 Å². The lowest BCUT2D eigenvalue weighted by Gasteiger charge is -2.17. The first-order valence-corrected chi connectivity index (χ1v) is 7.95. The molecule has 0 aliphatic rings. The van der Waals surface area contributed by atoms with Gasteiger partial charge in [-0.05, 0) is 62.6 Å². The Labute approximate surface area is 146 Å². The lowest BCUT2D eigenvalue weighted by Crippen LogP contribution is -2.29. The molecule has 0 saturated carbocycles. The van der Waals surface area contributed by atoms with Crippen LogP contribution in [0.4, 0.5) is 0 Å². The minimum absolute atomic E-state index is 0.347. The summed E-state index contributed by atoms with van der Waals surface area (Å²) in [5, 5.41) is 0.851. The molecule has 0 fully saturated rings. The maximum atomic E-state index is 12.3. The minimum atomic E-state index is -0.798. The van der Waals surface area contributed by atoms with Crippen LogP contribution in [0.5, 0.6) is 11.5 Å². The molecule has 5 heteroatoms. The second-order valence-electron chi connectivity index (χ2n) is 5.41. The third kappa shape index (κ3) is 4.18. The number of aryl methyl sites for hydroxylation is 2. The van der Waals surface area contributed by atoms with E-state index in [9.17, 15) is 4.79 Å². The Morgan fingerprint density at radius 1 is 1.04 bits per heavy atom. The first kappa shape index (κ1) is 17.6. The first-order chi connectivity index (χ1) is 10.8. The topological polar surface area (TPSA) is 35.5 Å². The molecule has 3 nitrogen and oxygen atoms in total. The Bertz CT molecular complexity index is 741. The van der Waals surface area contributed by atoms with E-state index in [1.54, 1.807) is 25.1 Å². The van der Waals surface area contributed by atoms with Crippen LogP contribution in [0.15, 0.2) is 30.3 Å². The van der Waals surface area contributed by atoms with Gasteiger partial charge in [0.1, 0.15) is 11.5 Å². The molecule has 23 heavy (non-hydrogen) atoms. The third-order valence-electron chi connectivity index (χ3n) is 3.61. The number of esters is 1. The van der Waals surface area contributed by atoms with Gasteiger partial charge >= 0.3 is 5.97 Å². The fourth-order valence-electron chi connectivity index (χ4n) is 2.08. The minimum Gasteiger partial charge on any atom is -0.477 e. The van der Waals surface area contributed by atoms with E-state index in [4.69, 9.17) is 32.7 Å². The molecule has 0 N–H and O–H groups in total. The van der Waals surface area contributed by atoms with E-state index >= 15 is 0 Å². The third-order valence-corrected chi connectivity index (χ3v) is 4.14. The Hall–Kier alpha value is -1.71. The van der Waals surface area contributed by atoms with Crippen LogP contribution in [0.3, 0.4) is 0 Å². The van der Waals surface area contributed by atoms with Crippen LogP contribution in [0.2, 0.25) is 10.0 Å². The lowest BCUT2D eigenvalue weighted by molar-refractivity contribution is -0.141. The largest absolute Gasteiger partial charge is 0.477 e. The van der Waals surface area contributed by atoms with Gasteiger partial charge in [0.15, 0.2) is 6.10 Å². The number of hydrogen-bond donors (Lipinski definition) is 0. The molecule has 1 atom stereocenters. The molecule has 0 amide bonds. The van der Waals surface area contributed by atoms with Gasteiger partial charge in [-0.25, -0.2) is 4.79 Å². The SMILES string of the molecule is Cc1ccc(C)c(OC(=O)[C@H](C)Oc2ccc(Cl)cc2Cl)c1C. The predicted octanol–water partition coefficient (Wildman–Crippen LogP) is 5.29. The van der Waals surface area contributed by atoms with Crippen LogP contribution in [0.1, 0.15) is 23.6 Å². The molecule has 0 saturated heterocycles. The molecule has 0 aliphatic heterocycles. The number of carbonyl (C=O) groups is 1. The molecular weight excluding hydrogens is 335 g/mol. The Morgan fingerprint density at radius 3 is 2.35 bits per heavy atom. The van der Waals surface area contributed by atoms with Crippen LogP contribution in [-0.2, 0) is 4.79 Å². The molecule has 0 spiro atoms. The van der Waals surface area contributed by atoms with Crippen LogP contribution in [-0.4, -0.2) is 12.1 Å². The normalized spacial score (nSPS) is 11.9. The molecule has 2 aromatic rings. The highest BCUT2D eigenvalue weighted by Gasteiger charge is 2.20. The average Bonchev–Trinajstić information content (AvgIpc) is 2.50. The van der Waals surface area contributed by atoms with Crippen molar-refractivity contribution >= 4 is 29.2 Å². The van der Waals surface area contributed by atoms with Gasteiger partial charge in [0, 0.05) is 5.02 Å². The molecule has 0 bridgehead atoms. The summed E-state index contributed by atoms with van der Waals surface area (Å²) in [7, 11) is 0. The van der Waals surface area contributed by atoms with E-state index in [1.165, 1.54) is 0 Å². The van der Waals surface area contributed by atoms with Crippen molar-refractivity contribution in [2.45, 2.75) is 33.8 Å². The van der Waals surface area contributed by atoms with E-state index in [0.717, 1.165) is 16.7 Å². The highest BCUT2D eigenvalue weighted by Crippen LogP contribution is 2.29. The predicted molar refractivity (Wildman–Crippen MR) is 92.8 cm³/mol. The van der Waals surface area contributed by atoms with E-state index < -0.39 is 12.1 Å². The second-order valence-corrected chi connectivity index (χ2v) is 6.25. The number of benzene rings is 2. The molecule has 2 rings (SSSR count). The van der Waals surface area contributed by atoms with Crippen LogP contribution in [0, 0.1) is 20.8 Å². The Balaban J connectivity index is 2.13. The Morgan fingerprint density at radius 2 is 1.70 bits per heavy atom. The summed E-state index contributed by atoms with van der Waals surface area (Å²) >= 11 is 11.9. The summed E-state index contributed by atoms with van der Waals surface area (Å²) in [5.41, 5.74) is 2.90. The summed E-state index contributed by atoms with van der Waals surface area (Å²) in [4.78, 5) is 12.3. The Kier molecular flexibility index (Phi) is 5.55. The molecule has 2 aromatic carbocycles. The molecule has 0 heterocycles. The summed E-state index contributed by atoms with van der Waals surface area (Å²) in [5.74, 6) is 0.485. The number of carbonyl (C=O) groups excluding carboxylic acids is 1. The zero-order valence-corrected chi connectivity index (χ0v) is 15.0. The van der Waals surface area contributed by atoms with Gasteiger partial charge in [0.25, 0.3) is 0 Å². The van der Waals surface area contributed by atoms with Crippen molar-refractivity contribution in [3.63, 3.8) is 0 Å². The summed E-state index contributed by atoms with van der Waals surface area (Å²) in [6.45, 7) is 7.41. The van der Waals surface area contributed by atoms with Gasteiger partial charge < -0.3 is 9.47 Å². The highest BCUT2D eigenvalue weighted by molar-refractivity contribution is 6.35. The number of halogens is 2. The smallest absolute Gasteiger partial charge is 0.352 e. The average molecular weight is 353 g/mol. The molecular formula is C18H18Cl2O3. The summed E-state index contributed by atoms with van der Waals surface area (Å²) in [6.07, 6.45) is -0.798. The number of hydrogen-bond acceptors (Lipinski definition) is 3. The molecule has 0 radical (unpaired) electrons. The van der Waals surface area contributed by atoms with E-state index in [-0.39, 0.29) is 0 Å². The number of rotatable bonds is 4. The fraction of sp³-hybridized carbons (Fsp3) is 0.278. The van der Waals surface area contributed by atoms with Crippen molar-refractivity contribution < 1.29 is 14.3 Å². The van der Waals surface area contributed by atoms with Crippen LogP contribution < -0.4 is 9.47 Å². The monoisotopic (exact) mass is 352 g/mol. The van der Waals surface area contributed by atoms with Crippen molar-refractivity contribution in [1.29, 1.82) is 0 Å². The number of ether oxygens (including phenoxy) is 2. The van der Waals surface area contributed by atoms with E-state index in [2.05, 4.69) is 0 Å². The molecule has 0 aromatic heterocycles. The fourth-order valence-corrected chi connectivity index (χ4v) is 2.53. The quantitative estimate of drug-likeness (QED) is 0.553. The van der Waals surface area contributed by atoms with Gasteiger partial charge in [0.2, 0.25) is 0 Å². The van der Waals surface area contributed by atoms with Gasteiger partial charge in [-0.15, -0.1) is 0 Å². The van der Waals surface area contributed by atoms with Crippen molar-refractivity contribution in [2.24, 2.45) is 0 Å². The van der Waals surface area contributed by atoms with Gasteiger partial charge in [0.05, 0.1) is 5.02 Å². The second kappa shape index (κ2) is 7.24. The summed E-state index contributed by atoms with van der Waals surface area (Å²) in [6, 6.07) is 8.75. The lowest BCUT2D eigenvalue weighted by atomic mass is 10.1. The van der Waals surface area contributed by atoms with Crippen molar-refractivity contribution in [3.05, 3.63) is 57.1 Å². The standard InChI is InChI=1S/C18H18Cl2O3/c1-10-5-6-11(2)17(12(10)3)23-18(21)13(4)22-16-8-7-14(19)9-15(16)20/h5-9,13H,1-4H3/t13-/m0/s1. The van der Waals surface area contributed by atoms with Crippen molar-refractivity contribution in [2.75, 3.05) is 0 Å². The van der Waals surface area contributed by atoms with Gasteiger partial charge in [-0.1, -0.05) is 35.3 Å². The highest BCUT2D eigenvalue weighted by atomic mass is 35.5. The van der Waals surface area contributed by atoms with Gasteiger partial charge in [-0.3, -0.25) is 0 Å². The molecule has 0 aliphatic carbocycles. The zero-order valence-electron chi connectivity index (χ0n) is 13.4. The van der Waals surface area contributed by atoms with Crippen LogP contribution >= 0.6 is 23.2 Å². The van der Waals surface area contributed by atoms with Crippen molar-refractivity contribution in [1.82, 2.24) is 0 Å². The molecule has 122 valence electrons. The maximum Gasteiger partial charge on any atom is 0.352 e.